The summed E-state index contributed by atoms with van der Waals surface area (Å²) in [7, 11) is -3.09. The first-order chi connectivity index (χ1) is 11.3. The van der Waals surface area contributed by atoms with Gasteiger partial charge in [-0.3, -0.25) is 4.79 Å². The average molecular weight is 363 g/mol. The van der Waals surface area contributed by atoms with Crippen molar-refractivity contribution < 1.29 is 13.2 Å². The van der Waals surface area contributed by atoms with Crippen molar-refractivity contribution in [1.29, 1.82) is 5.26 Å². The maximum atomic E-state index is 12.0. The minimum absolute atomic E-state index is 0.0594. The number of para-hydroxylation sites is 1. The second-order valence-electron chi connectivity index (χ2n) is 6.03. The largest absolute Gasteiger partial charge is 0.315 e. The Morgan fingerprint density at radius 3 is 2.67 bits per heavy atom. The number of hydrogen-bond donors (Lipinski definition) is 0. The number of fused-ring (bicyclic) bond motifs is 1. The molecular weight excluding hydrogens is 346 g/mol. The van der Waals surface area contributed by atoms with Gasteiger partial charge in [-0.1, -0.05) is 30.0 Å². The van der Waals surface area contributed by atoms with E-state index in [0.717, 1.165) is 16.8 Å². The number of nitrogens with zero attached hydrogens (tertiary/aromatic N) is 3. The number of sulfone groups is 1. The summed E-state index contributed by atoms with van der Waals surface area (Å²) in [6.45, 7) is 3.91. The Balaban J connectivity index is 2.09. The molecule has 6 nitrogen and oxygen atoms in total. The van der Waals surface area contributed by atoms with Gasteiger partial charge in [0, 0.05) is 10.9 Å². The lowest BCUT2D eigenvalue weighted by Crippen LogP contribution is -2.38. The highest BCUT2D eigenvalue weighted by atomic mass is 32.2. The van der Waals surface area contributed by atoms with Crippen molar-refractivity contribution in [3.05, 3.63) is 29.3 Å². The summed E-state index contributed by atoms with van der Waals surface area (Å²) in [6.07, 6.45) is -0.279. The molecule has 0 spiro atoms. The van der Waals surface area contributed by atoms with E-state index in [9.17, 15) is 13.2 Å². The van der Waals surface area contributed by atoms with E-state index in [1.807, 2.05) is 36.9 Å². The van der Waals surface area contributed by atoms with Gasteiger partial charge in [-0.15, -0.1) is 0 Å². The summed E-state index contributed by atoms with van der Waals surface area (Å²) in [5, 5.41) is 9.03. The molecule has 0 bridgehead atoms. The molecule has 2 heterocycles. The molecule has 24 heavy (non-hydrogen) atoms. The highest BCUT2D eigenvalue weighted by Gasteiger charge is 2.49. The summed E-state index contributed by atoms with van der Waals surface area (Å²) in [5.74, 6) is -0.349. The van der Waals surface area contributed by atoms with E-state index < -0.39 is 15.7 Å². The van der Waals surface area contributed by atoms with Crippen LogP contribution in [0.1, 0.15) is 17.5 Å². The predicted octanol–water partition coefficient (Wildman–Crippen LogP) is 1.82. The monoisotopic (exact) mass is 363 g/mol. The lowest BCUT2D eigenvalue weighted by Gasteiger charge is -2.27. The molecule has 3 rings (SSSR count). The Bertz CT molecular complexity index is 851. The van der Waals surface area contributed by atoms with Crippen molar-refractivity contribution >= 4 is 38.4 Å². The first-order valence-corrected chi connectivity index (χ1v) is 10.2. The highest BCUT2D eigenvalue weighted by Crippen LogP contribution is 2.43. The molecule has 2 fully saturated rings. The van der Waals surface area contributed by atoms with Gasteiger partial charge in [-0.25, -0.2) is 8.42 Å². The van der Waals surface area contributed by atoms with Crippen LogP contribution in [0.4, 0.5) is 5.69 Å². The van der Waals surface area contributed by atoms with Crippen LogP contribution in [0.15, 0.2) is 23.2 Å². The molecule has 126 valence electrons. The van der Waals surface area contributed by atoms with Crippen LogP contribution in [0, 0.1) is 25.2 Å². The Hall–Kier alpha value is -1.85. The summed E-state index contributed by atoms with van der Waals surface area (Å²) in [5.41, 5.74) is 2.90. The van der Waals surface area contributed by atoms with Crippen LogP contribution in [0.2, 0.25) is 0 Å². The van der Waals surface area contributed by atoms with Gasteiger partial charge in [0.1, 0.15) is 6.42 Å². The molecule has 2 aliphatic heterocycles. The Labute approximate surface area is 145 Å². The van der Waals surface area contributed by atoms with Gasteiger partial charge >= 0.3 is 0 Å². The maximum Gasteiger partial charge on any atom is 0.262 e. The van der Waals surface area contributed by atoms with E-state index >= 15 is 0 Å². The van der Waals surface area contributed by atoms with Crippen molar-refractivity contribution in [1.82, 2.24) is 0 Å². The number of hydrogen-bond acceptors (Lipinski definition) is 5. The summed E-state index contributed by atoms with van der Waals surface area (Å²) < 4.78 is 24.1. The number of aliphatic imine (C=N–C) groups is 1. The molecule has 8 heteroatoms. The Morgan fingerprint density at radius 2 is 2.04 bits per heavy atom. The van der Waals surface area contributed by atoms with Crippen molar-refractivity contribution in [3.8, 4) is 6.07 Å². The van der Waals surface area contributed by atoms with Crippen LogP contribution in [0.3, 0.4) is 0 Å². The molecule has 1 aromatic rings. The van der Waals surface area contributed by atoms with Crippen molar-refractivity contribution in [2.24, 2.45) is 4.99 Å². The first-order valence-electron chi connectivity index (χ1n) is 7.53. The van der Waals surface area contributed by atoms with E-state index in [2.05, 4.69) is 4.99 Å². The fraction of sp³-hybridized carbons (Fsp3) is 0.438. The van der Waals surface area contributed by atoms with Crippen LogP contribution in [-0.2, 0) is 14.6 Å². The Morgan fingerprint density at radius 1 is 1.38 bits per heavy atom. The number of thioether (sulfide) groups is 1. The molecule has 0 aromatic heterocycles. The van der Waals surface area contributed by atoms with Crippen LogP contribution in [-0.4, -0.2) is 42.3 Å². The van der Waals surface area contributed by atoms with Crippen LogP contribution >= 0.6 is 11.8 Å². The van der Waals surface area contributed by atoms with Crippen molar-refractivity contribution in [3.63, 3.8) is 0 Å². The molecule has 1 aromatic carbocycles. The number of carbonyl (C=O) groups is 1. The van der Waals surface area contributed by atoms with Gasteiger partial charge in [0.2, 0.25) is 0 Å². The average Bonchev–Trinajstić information content (AvgIpc) is 2.92. The van der Waals surface area contributed by atoms with Crippen LogP contribution in [0.5, 0.6) is 0 Å². The zero-order valence-electron chi connectivity index (χ0n) is 13.4. The summed E-state index contributed by atoms with van der Waals surface area (Å²) >= 11 is 1.32. The Kier molecular flexibility index (Phi) is 4.40. The molecule has 0 N–H and O–H groups in total. The molecule has 0 unspecified atom stereocenters. The van der Waals surface area contributed by atoms with Crippen LogP contribution in [0.25, 0.3) is 0 Å². The minimum Gasteiger partial charge on any atom is -0.315 e. The number of rotatable bonds is 2. The fourth-order valence-electron chi connectivity index (χ4n) is 3.23. The zero-order valence-corrected chi connectivity index (χ0v) is 15.0. The second-order valence-corrected chi connectivity index (χ2v) is 9.39. The topological polar surface area (TPSA) is 90.6 Å². The smallest absolute Gasteiger partial charge is 0.262 e. The number of aryl methyl sites for hydroxylation is 2. The highest BCUT2D eigenvalue weighted by molar-refractivity contribution is 8.16. The fourth-order valence-corrected chi connectivity index (χ4v) is 7.14. The standard InChI is InChI=1S/C16H17N3O3S2/c1-10-4-3-5-11(2)15(10)19-12-8-24(21,22)9-13(12)23-16(19)18-14(20)6-7-17/h3-5,12-13H,6,8-9H2,1-2H3/t12-,13+/m1/s1. The maximum absolute atomic E-state index is 12.0. The number of nitriles is 1. The molecule has 1 amide bonds. The van der Waals surface area contributed by atoms with E-state index in [4.69, 9.17) is 5.26 Å². The first kappa shape index (κ1) is 17.0. The molecule has 2 atom stereocenters. The van der Waals surface area contributed by atoms with E-state index in [1.54, 1.807) is 6.07 Å². The summed E-state index contributed by atoms with van der Waals surface area (Å²) in [4.78, 5) is 17.8. The SMILES string of the molecule is Cc1cccc(C)c1N1C(=NC(=O)CC#N)S[C@H]2CS(=O)(=O)C[C@H]21. The van der Waals surface area contributed by atoms with E-state index in [1.165, 1.54) is 11.8 Å². The van der Waals surface area contributed by atoms with Crippen LogP contribution < -0.4 is 4.90 Å². The lowest BCUT2D eigenvalue weighted by atomic mass is 10.1. The number of anilines is 1. The van der Waals surface area contributed by atoms with Gasteiger partial charge in [-0.05, 0) is 25.0 Å². The van der Waals surface area contributed by atoms with E-state index in [0.29, 0.717) is 5.17 Å². The van der Waals surface area contributed by atoms with Gasteiger partial charge in [0.25, 0.3) is 5.91 Å². The minimum atomic E-state index is -3.09. The third-order valence-electron chi connectivity index (χ3n) is 4.20. The summed E-state index contributed by atoms with van der Waals surface area (Å²) in [6, 6.07) is 7.43. The number of carbonyl (C=O) groups excluding carboxylic acids is 1. The van der Waals surface area contributed by atoms with Gasteiger partial charge < -0.3 is 4.90 Å². The predicted molar refractivity (Wildman–Crippen MR) is 94.9 cm³/mol. The molecule has 0 radical (unpaired) electrons. The molecule has 0 aliphatic carbocycles. The number of benzene rings is 1. The molecule has 2 aliphatic rings. The number of amides is 1. The number of amidine groups is 1. The third-order valence-corrected chi connectivity index (χ3v) is 7.41. The molecular formula is C16H17N3O3S2. The molecule has 2 saturated heterocycles. The van der Waals surface area contributed by atoms with Gasteiger partial charge in [0.05, 0.1) is 23.6 Å². The quantitative estimate of drug-likeness (QED) is 0.796. The molecule has 0 saturated carbocycles. The third kappa shape index (κ3) is 3.06. The second kappa shape index (κ2) is 6.22. The zero-order chi connectivity index (χ0) is 17.5. The van der Waals surface area contributed by atoms with E-state index in [-0.39, 0.29) is 29.2 Å². The van der Waals surface area contributed by atoms with Gasteiger partial charge in [-0.2, -0.15) is 10.3 Å². The van der Waals surface area contributed by atoms with Gasteiger partial charge in [0.15, 0.2) is 15.0 Å². The van der Waals surface area contributed by atoms with Crippen molar-refractivity contribution in [2.45, 2.75) is 31.6 Å². The normalized spacial score (nSPS) is 26.4. The van der Waals surface area contributed by atoms with Crippen molar-refractivity contribution in [2.75, 3.05) is 16.4 Å². The lowest BCUT2D eigenvalue weighted by molar-refractivity contribution is -0.116.